The fourth-order valence-corrected chi connectivity index (χ4v) is 7.82. The topological polar surface area (TPSA) is 56.7 Å². The first kappa shape index (κ1) is 28.7. The molecule has 0 bridgehead atoms. The van der Waals surface area contributed by atoms with Gasteiger partial charge in [0.2, 0.25) is 0 Å². The maximum atomic E-state index is 6.46. The van der Waals surface area contributed by atoms with E-state index in [9.17, 15) is 0 Å². The van der Waals surface area contributed by atoms with Crippen molar-refractivity contribution in [2.24, 2.45) is 0 Å². The Bertz CT molecular complexity index is 3190. The summed E-state index contributed by atoms with van der Waals surface area (Å²) in [7, 11) is 0. The van der Waals surface area contributed by atoms with Gasteiger partial charge in [0, 0.05) is 43.9 Å². The van der Waals surface area contributed by atoms with E-state index in [2.05, 4.69) is 162 Å². The summed E-state index contributed by atoms with van der Waals surface area (Å²) in [5, 5.41) is 8.76. The van der Waals surface area contributed by atoms with Gasteiger partial charge in [0.25, 0.3) is 0 Å². The van der Waals surface area contributed by atoms with E-state index in [1.165, 1.54) is 10.8 Å². The quantitative estimate of drug-likeness (QED) is 0.188. The highest BCUT2D eigenvalue weighted by Crippen LogP contribution is 2.42. The number of hydrogen-bond acceptors (Lipinski definition) is 4. The molecule has 5 heteroatoms. The number of para-hydroxylation sites is 3. The molecule has 11 rings (SSSR count). The van der Waals surface area contributed by atoms with Gasteiger partial charge in [-0.3, -0.25) is 0 Å². The van der Waals surface area contributed by atoms with E-state index in [-0.39, 0.29) is 0 Å². The molecule has 0 aliphatic carbocycles. The second-order valence-corrected chi connectivity index (χ2v) is 13.2. The fourth-order valence-electron chi connectivity index (χ4n) is 7.82. The smallest absolute Gasteiger partial charge is 0.165 e. The molecule has 0 spiro atoms. The summed E-state index contributed by atoms with van der Waals surface area (Å²) in [6.45, 7) is 0. The van der Waals surface area contributed by atoms with Crippen molar-refractivity contribution in [1.29, 1.82) is 0 Å². The van der Waals surface area contributed by atoms with Gasteiger partial charge in [-0.15, -0.1) is 0 Å². The molecule has 3 heterocycles. The first-order chi connectivity index (χ1) is 25.8. The minimum atomic E-state index is 0.605. The van der Waals surface area contributed by atoms with Crippen LogP contribution in [0.4, 0.5) is 0 Å². The van der Waals surface area contributed by atoms with Crippen LogP contribution in [0.15, 0.2) is 174 Å². The molecule has 11 aromatic rings. The number of rotatable bonds is 4. The van der Waals surface area contributed by atoms with Crippen LogP contribution in [-0.4, -0.2) is 19.5 Å². The number of aromatic nitrogens is 4. The van der Waals surface area contributed by atoms with E-state index in [0.29, 0.717) is 17.5 Å². The molecular formula is C47H28N4O. The summed E-state index contributed by atoms with van der Waals surface area (Å²) < 4.78 is 8.78. The van der Waals surface area contributed by atoms with Crippen LogP contribution in [-0.2, 0) is 0 Å². The highest BCUT2D eigenvalue weighted by atomic mass is 16.3. The van der Waals surface area contributed by atoms with Crippen LogP contribution in [0.1, 0.15) is 0 Å². The number of hydrogen-bond donors (Lipinski definition) is 0. The second kappa shape index (κ2) is 11.2. The van der Waals surface area contributed by atoms with Gasteiger partial charge in [-0.2, -0.15) is 0 Å². The number of nitrogens with zero attached hydrogens (tertiary/aromatic N) is 4. The molecular weight excluding hydrogens is 637 g/mol. The average Bonchev–Trinajstić information content (AvgIpc) is 3.75. The highest BCUT2D eigenvalue weighted by Gasteiger charge is 2.22. The standard InChI is InChI=1S/C47H28N4O/c1-2-15-34(16-3-1)51-39-20-10-8-18-36(39)38-27-33(24-25-40(38)51)46-48-45(32-23-22-29-12-4-5-13-30(29)26-32)49-47(50-46)44-35-17-7-6-14-31(35)28-42-43(44)37-19-9-11-21-41(37)52-42/h1-28H. The summed E-state index contributed by atoms with van der Waals surface area (Å²) in [5.74, 6) is 1.83. The van der Waals surface area contributed by atoms with Gasteiger partial charge in [0.1, 0.15) is 11.2 Å². The van der Waals surface area contributed by atoms with Gasteiger partial charge in [-0.1, -0.05) is 115 Å². The summed E-state index contributed by atoms with van der Waals surface area (Å²) >= 11 is 0. The van der Waals surface area contributed by atoms with Gasteiger partial charge in [-0.05, 0) is 76.1 Å². The Labute approximate surface area is 298 Å². The highest BCUT2D eigenvalue weighted by molar-refractivity contribution is 6.20. The zero-order valence-corrected chi connectivity index (χ0v) is 27.9. The number of furan rings is 1. The fraction of sp³-hybridized carbons (Fsp3) is 0. The third-order valence-corrected chi connectivity index (χ3v) is 10.2. The van der Waals surface area contributed by atoms with E-state index in [1.807, 2.05) is 12.1 Å². The number of benzene rings is 8. The summed E-state index contributed by atoms with van der Waals surface area (Å²) in [6.07, 6.45) is 0. The Morgan fingerprint density at radius 3 is 1.85 bits per heavy atom. The van der Waals surface area contributed by atoms with Gasteiger partial charge in [0.15, 0.2) is 17.5 Å². The molecule has 3 aromatic heterocycles. The van der Waals surface area contributed by atoms with Crippen molar-refractivity contribution >= 4 is 65.3 Å². The van der Waals surface area contributed by atoms with Crippen molar-refractivity contribution in [2.45, 2.75) is 0 Å². The zero-order valence-electron chi connectivity index (χ0n) is 27.9. The van der Waals surface area contributed by atoms with Crippen molar-refractivity contribution < 1.29 is 4.42 Å². The van der Waals surface area contributed by atoms with Gasteiger partial charge >= 0.3 is 0 Å². The van der Waals surface area contributed by atoms with E-state index < -0.39 is 0 Å². The Kier molecular flexibility index (Phi) is 6.18. The van der Waals surface area contributed by atoms with Gasteiger partial charge in [-0.25, -0.2) is 15.0 Å². The lowest BCUT2D eigenvalue weighted by atomic mass is 9.97. The molecule has 0 aliphatic rings. The molecule has 0 saturated heterocycles. The predicted octanol–water partition coefficient (Wildman–Crippen LogP) is 12.2. The molecule has 0 saturated carbocycles. The van der Waals surface area contributed by atoms with Crippen molar-refractivity contribution in [2.75, 3.05) is 0 Å². The summed E-state index contributed by atoms with van der Waals surface area (Å²) in [6, 6.07) is 59.1. The molecule has 8 aromatic carbocycles. The minimum Gasteiger partial charge on any atom is -0.456 e. The van der Waals surface area contributed by atoms with Crippen molar-refractivity contribution in [3.05, 3.63) is 170 Å². The molecule has 242 valence electrons. The first-order valence-corrected chi connectivity index (χ1v) is 17.4. The minimum absolute atomic E-state index is 0.605. The maximum absolute atomic E-state index is 6.46. The van der Waals surface area contributed by atoms with Crippen LogP contribution in [0.3, 0.4) is 0 Å². The molecule has 0 aliphatic heterocycles. The van der Waals surface area contributed by atoms with Crippen LogP contribution in [0.2, 0.25) is 0 Å². The van der Waals surface area contributed by atoms with Crippen LogP contribution in [0.5, 0.6) is 0 Å². The van der Waals surface area contributed by atoms with Crippen LogP contribution in [0, 0.1) is 0 Å². The summed E-state index contributed by atoms with van der Waals surface area (Å²) in [4.78, 5) is 15.8. The SMILES string of the molecule is c1ccc(-n2c3ccccc3c3cc(-c4nc(-c5ccc6ccccc6c5)nc(-c5c6ccccc6cc6oc7ccccc7c56)n4)ccc32)cc1. The molecule has 0 atom stereocenters. The van der Waals surface area contributed by atoms with Crippen molar-refractivity contribution in [1.82, 2.24) is 19.5 Å². The Morgan fingerprint density at radius 2 is 1.00 bits per heavy atom. The third-order valence-electron chi connectivity index (χ3n) is 10.2. The Morgan fingerprint density at radius 1 is 0.385 bits per heavy atom. The lowest BCUT2D eigenvalue weighted by molar-refractivity contribution is 0.669. The molecule has 0 amide bonds. The lowest BCUT2D eigenvalue weighted by Gasteiger charge is -2.12. The van der Waals surface area contributed by atoms with Crippen LogP contribution < -0.4 is 0 Å². The monoisotopic (exact) mass is 664 g/mol. The van der Waals surface area contributed by atoms with E-state index in [0.717, 1.165) is 76.9 Å². The largest absolute Gasteiger partial charge is 0.456 e. The lowest BCUT2D eigenvalue weighted by Crippen LogP contribution is -2.01. The normalized spacial score (nSPS) is 11.8. The predicted molar refractivity (Wildman–Crippen MR) is 213 cm³/mol. The molecule has 0 unspecified atom stereocenters. The van der Waals surface area contributed by atoms with E-state index in [4.69, 9.17) is 19.4 Å². The molecule has 0 radical (unpaired) electrons. The molecule has 0 N–H and O–H groups in total. The van der Waals surface area contributed by atoms with Gasteiger partial charge in [0.05, 0.1) is 11.0 Å². The average molecular weight is 665 g/mol. The molecule has 52 heavy (non-hydrogen) atoms. The van der Waals surface area contributed by atoms with Crippen molar-refractivity contribution in [3.8, 4) is 39.9 Å². The third kappa shape index (κ3) is 4.39. The van der Waals surface area contributed by atoms with Gasteiger partial charge < -0.3 is 8.98 Å². The van der Waals surface area contributed by atoms with Crippen LogP contribution >= 0.6 is 0 Å². The van der Waals surface area contributed by atoms with E-state index in [1.54, 1.807) is 0 Å². The molecule has 5 nitrogen and oxygen atoms in total. The Balaban J connectivity index is 1.22. The first-order valence-electron chi connectivity index (χ1n) is 17.4. The number of fused-ring (bicyclic) bond motifs is 8. The van der Waals surface area contributed by atoms with Crippen molar-refractivity contribution in [3.63, 3.8) is 0 Å². The zero-order chi connectivity index (χ0) is 34.2. The molecule has 0 fully saturated rings. The van der Waals surface area contributed by atoms with Crippen LogP contribution in [0.25, 0.3) is 105 Å². The summed E-state index contributed by atoms with van der Waals surface area (Å²) in [5.41, 5.74) is 7.82. The second-order valence-electron chi connectivity index (χ2n) is 13.2. The van der Waals surface area contributed by atoms with E-state index >= 15 is 0 Å². The Hall–Kier alpha value is -7.11. The maximum Gasteiger partial charge on any atom is 0.165 e.